The van der Waals surface area contributed by atoms with Gasteiger partial charge in [0.05, 0.1) is 49.7 Å². The van der Waals surface area contributed by atoms with Crippen molar-refractivity contribution in [1.29, 1.82) is 0 Å². The van der Waals surface area contributed by atoms with Gasteiger partial charge in [-0.3, -0.25) is 9.80 Å². The topological polar surface area (TPSA) is 128 Å². The summed E-state index contributed by atoms with van der Waals surface area (Å²) in [7, 11) is 0. The van der Waals surface area contributed by atoms with Crippen LogP contribution in [0.25, 0.3) is 0 Å². The van der Waals surface area contributed by atoms with Crippen molar-refractivity contribution < 1.29 is 30.6 Å². The summed E-state index contributed by atoms with van der Waals surface area (Å²) in [5, 5.41) is 55.6. The van der Waals surface area contributed by atoms with E-state index in [1.807, 2.05) is 16.7 Å². The van der Waals surface area contributed by atoms with Gasteiger partial charge in [0, 0.05) is 19.6 Å². The van der Waals surface area contributed by atoms with E-state index in [0.29, 0.717) is 13.1 Å². The van der Waals surface area contributed by atoms with E-state index in [9.17, 15) is 20.4 Å². The molecule has 0 amide bonds. The van der Waals surface area contributed by atoms with Crippen LogP contribution in [-0.2, 0) is 0 Å². The molecule has 2 heterocycles. The minimum absolute atomic E-state index is 0.0645. The molecule has 2 saturated heterocycles. The standard InChI is InChI=1S/C9H17NO3.C8H17NO3/c11-5-7-9(13)8(12)4-10(7)3-6-1-2-6;1-2-3-9-4-7(11)8(12)6(9)5-10/h6-9,11-13H,1-5H2;6-8,10-12H,2-5H2,1H3/t7-,8-,9-;6-,7-,8-/m00/s1. The van der Waals surface area contributed by atoms with Crippen LogP contribution in [0.5, 0.6) is 0 Å². The molecule has 0 spiro atoms. The predicted octanol–water partition coefficient (Wildman–Crippen LogP) is -2.41. The van der Waals surface area contributed by atoms with Crippen LogP contribution < -0.4 is 0 Å². The van der Waals surface area contributed by atoms with E-state index < -0.39 is 24.4 Å². The second kappa shape index (κ2) is 9.57. The summed E-state index contributed by atoms with van der Waals surface area (Å²) in [5.74, 6) is 0.728. The summed E-state index contributed by atoms with van der Waals surface area (Å²) in [6.07, 6.45) is 0.521. The Morgan fingerprint density at radius 3 is 1.72 bits per heavy atom. The Hall–Kier alpha value is -0.320. The first-order valence-electron chi connectivity index (χ1n) is 9.34. The highest BCUT2D eigenvalue weighted by Crippen LogP contribution is 2.32. The Morgan fingerprint density at radius 1 is 0.800 bits per heavy atom. The molecule has 6 N–H and O–H groups in total. The lowest BCUT2D eigenvalue weighted by Gasteiger charge is -2.23. The number of nitrogens with zero attached hydrogens (tertiary/aromatic N) is 2. The Labute approximate surface area is 149 Å². The molecule has 8 heteroatoms. The second-order valence-corrected chi connectivity index (χ2v) is 7.51. The van der Waals surface area contributed by atoms with Gasteiger partial charge < -0.3 is 30.6 Å². The number of rotatable bonds is 6. The van der Waals surface area contributed by atoms with Crippen LogP contribution >= 0.6 is 0 Å². The van der Waals surface area contributed by atoms with E-state index in [2.05, 4.69) is 0 Å². The molecule has 3 fully saturated rings. The van der Waals surface area contributed by atoms with Crippen LogP contribution in [0.3, 0.4) is 0 Å². The fourth-order valence-corrected chi connectivity index (χ4v) is 3.75. The Bertz CT molecular complexity index is 395. The Balaban J connectivity index is 0.000000181. The smallest absolute Gasteiger partial charge is 0.0988 e. The van der Waals surface area contributed by atoms with Crippen molar-refractivity contribution in [2.45, 2.75) is 62.7 Å². The quantitative estimate of drug-likeness (QED) is 0.308. The zero-order valence-electron chi connectivity index (χ0n) is 15.0. The zero-order valence-corrected chi connectivity index (χ0v) is 15.0. The SMILES string of the molecule is CCCN1C[C@H](O)[C@@H](O)[C@@H]1CO.OC[C@H]1[C@H](O)[C@@H](O)CN1CC1CC1. The van der Waals surface area contributed by atoms with Gasteiger partial charge in [0.25, 0.3) is 0 Å². The number of hydrogen-bond acceptors (Lipinski definition) is 8. The lowest BCUT2D eigenvalue weighted by molar-refractivity contribution is 0.0213. The minimum atomic E-state index is -0.790. The fourth-order valence-electron chi connectivity index (χ4n) is 3.75. The van der Waals surface area contributed by atoms with Crippen LogP contribution in [0.4, 0.5) is 0 Å². The van der Waals surface area contributed by atoms with Crippen molar-refractivity contribution in [3.05, 3.63) is 0 Å². The molecule has 1 saturated carbocycles. The maximum atomic E-state index is 9.51. The number of likely N-dealkylation sites (tertiary alicyclic amines) is 2. The molecule has 0 unspecified atom stereocenters. The van der Waals surface area contributed by atoms with E-state index in [1.54, 1.807) is 0 Å². The van der Waals surface area contributed by atoms with Gasteiger partial charge in [-0.1, -0.05) is 6.92 Å². The molecule has 6 atom stereocenters. The first-order valence-corrected chi connectivity index (χ1v) is 9.34. The third-order valence-electron chi connectivity index (χ3n) is 5.43. The normalized spacial score (nSPS) is 39.5. The van der Waals surface area contributed by atoms with Crippen molar-refractivity contribution in [1.82, 2.24) is 9.80 Å². The number of aliphatic hydroxyl groups excluding tert-OH is 6. The highest BCUT2D eigenvalue weighted by molar-refractivity contribution is 4.95. The van der Waals surface area contributed by atoms with Gasteiger partial charge in [-0.05, 0) is 31.7 Å². The first-order chi connectivity index (χ1) is 11.9. The molecule has 25 heavy (non-hydrogen) atoms. The van der Waals surface area contributed by atoms with Crippen molar-refractivity contribution in [2.75, 3.05) is 39.4 Å². The van der Waals surface area contributed by atoms with Gasteiger partial charge in [0.1, 0.15) is 0 Å². The molecule has 1 aliphatic carbocycles. The third kappa shape index (κ3) is 5.33. The summed E-state index contributed by atoms with van der Waals surface area (Å²) in [4.78, 5) is 3.93. The van der Waals surface area contributed by atoms with E-state index in [1.165, 1.54) is 12.8 Å². The molecule has 2 aliphatic heterocycles. The van der Waals surface area contributed by atoms with Gasteiger partial charge in [-0.15, -0.1) is 0 Å². The average molecular weight is 362 g/mol. The van der Waals surface area contributed by atoms with Crippen LogP contribution in [-0.4, -0.2) is 116 Å². The maximum absolute atomic E-state index is 9.51. The average Bonchev–Trinajstić information content (AvgIpc) is 3.29. The summed E-state index contributed by atoms with van der Waals surface area (Å²) < 4.78 is 0. The highest BCUT2D eigenvalue weighted by atomic mass is 16.3. The third-order valence-corrected chi connectivity index (χ3v) is 5.43. The maximum Gasteiger partial charge on any atom is 0.0988 e. The number of aliphatic hydroxyl groups is 6. The lowest BCUT2D eigenvalue weighted by Crippen LogP contribution is -2.39. The molecule has 3 aliphatic rings. The second-order valence-electron chi connectivity index (χ2n) is 7.51. The molecular weight excluding hydrogens is 328 g/mol. The summed E-state index contributed by atoms with van der Waals surface area (Å²) in [6.45, 7) is 4.59. The lowest BCUT2D eigenvalue weighted by atomic mass is 10.1. The zero-order chi connectivity index (χ0) is 18.6. The van der Waals surface area contributed by atoms with Gasteiger partial charge in [-0.25, -0.2) is 0 Å². The Morgan fingerprint density at radius 2 is 1.28 bits per heavy atom. The van der Waals surface area contributed by atoms with Crippen LogP contribution in [0.2, 0.25) is 0 Å². The molecule has 0 aromatic heterocycles. The summed E-state index contributed by atoms with van der Waals surface area (Å²) in [6, 6.07) is -0.532. The minimum Gasteiger partial charge on any atom is -0.395 e. The molecule has 8 nitrogen and oxygen atoms in total. The largest absolute Gasteiger partial charge is 0.395 e. The van der Waals surface area contributed by atoms with Crippen LogP contribution in [0, 0.1) is 5.92 Å². The van der Waals surface area contributed by atoms with E-state index >= 15 is 0 Å². The van der Waals surface area contributed by atoms with Crippen molar-refractivity contribution in [3.63, 3.8) is 0 Å². The van der Waals surface area contributed by atoms with E-state index in [-0.39, 0.29) is 25.3 Å². The van der Waals surface area contributed by atoms with Crippen LogP contribution in [0.1, 0.15) is 26.2 Å². The number of hydrogen-bond donors (Lipinski definition) is 6. The predicted molar refractivity (Wildman–Crippen MR) is 91.9 cm³/mol. The highest BCUT2D eigenvalue weighted by Gasteiger charge is 2.41. The summed E-state index contributed by atoms with van der Waals surface area (Å²) >= 11 is 0. The van der Waals surface area contributed by atoms with Crippen LogP contribution in [0.15, 0.2) is 0 Å². The molecular formula is C17H34N2O6. The summed E-state index contributed by atoms with van der Waals surface area (Å²) in [5.41, 5.74) is 0. The molecule has 3 rings (SSSR count). The molecule has 0 radical (unpaired) electrons. The van der Waals surface area contributed by atoms with Crippen molar-refractivity contribution in [2.24, 2.45) is 5.92 Å². The fraction of sp³-hybridized carbons (Fsp3) is 1.00. The first kappa shape index (κ1) is 21.0. The molecule has 0 bridgehead atoms. The van der Waals surface area contributed by atoms with Gasteiger partial charge in [-0.2, -0.15) is 0 Å². The monoisotopic (exact) mass is 362 g/mol. The van der Waals surface area contributed by atoms with E-state index in [4.69, 9.17) is 10.2 Å². The Kier molecular flexibility index (Phi) is 8.03. The molecule has 0 aromatic carbocycles. The van der Waals surface area contributed by atoms with Crippen molar-refractivity contribution >= 4 is 0 Å². The van der Waals surface area contributed by atoms with Gasteiger partial charge >= 0.3 is 0 Å². The van der Waals surface area contributed by atoms with Crippen molar-refractivity contribution in [3.8, 4) is 0 Å². The van der Waals surface area contributed by atoms with E-state index in [0.717, 1.165) is 25.4 Å². The molecule has 0 aromatic rings. The molecule has 148 valence electrons. The van der Waals surface area contributed by atoms with Gasteiger partial charge in [0.15, 0.2) is 0 Å². The van der Waals surface area contributed by atoms with Gasteiger partial charge in [0.2, 0.25) is 0 Å². The number of β-amino-alcohol motifs (C(OH)–C–C–N with tert-alkyl or cyclic N) is 2.